The number of aryl methyl sites for hydroxylation is 1. The van der Waals surface area contributed by atoms with E-state index in [0.29, 0.717) is 0 Å². The van der Waals surface area contributed by atoms with Gasteiger partial charge in [-0.15, -0.1) is 0 Å². The predicted octanol–water partition coefficient (Wildman–Crippen LogP) is 2.33. The van der Waals surface area contributed by atoms with E-state index in [4.69, 9.17) is 0 Å². The molecule has 1 aromatic heterocycles. The molecule has 4 nitrogen and oxygen atoms in total. The molecule has 2 aromatic rings. The van der Waals surface area contributed by atoms with Crippen molar-refractivity contribution >= 4 is 17.2 Å². The van der Waals surface area contributed by atoms with Crippen molar-refractivity contribution in [3.8, 4) is 5.75 Å². The van der Waals surface area contributed by atoms with Crippen LogP contribution >= 0.6 is 11.3 Å². The van der Waals surface area contributed by atoms with Crippen LogP contribution in [0.3, 0.4) is 0 Å². The Hall–Kier alpha value is -1.85. The van der Waals surface area contributed by atoms with Crippen LogP contribution in [-0.4, -0.2) is 22.7 Å². The third-order valence-corrected chi connectivity index (χ3v) is 4.09. The highest BCUT2D eigenvalue weighted by Crippen LogP contribution is 2.22. The zero-order valence-corrected chi connectivity index (χ0v) is 12.9. The number of aromatic hydroxyl groups is 1. The van der Waals surface area contributed by atoms with Crippen molar-refractivity contribution in [1.29, 1.82) is 0 Å². The summed E-state index contributed by atoms with van der Waals surface area (Å²) < 4.78 is 0. The first-order valence-electron chi connectivity index (χ1n) is 6.69. The first kappa shape index (κ1) is 15.5. The zero-order valence-electron chi connectivity index (χ0n) is 12.1. The van der Waals surface area contributed by atoms with Crippen LogP contribution < -0.4 is 5.32 Å². The van der Waals surface area contributed by atoms with Gasteiger partial charge in [-0.2, -0.15) is 11.3 Å². The van der Waals surface area contributed by atoms with Gasteiger partial charge in [0.05, 0.1) is 13.0 Å². The van der Waals surface area contributed by atoms with Gasteiger partial charge in [-0.3, -0.25) is 4.79 Å². The lowest BCUT2D eigenvalue weighted by atomic mass is 9.99. The van der Waals surface area contributed by atoms with Crippen LogP contribution in [0.15, 0.2) is 35.0 Å². The predicted molar refractivity (Wildman–Crippen MR) is 83.4 cm³/mol. The molecule has 0 bridgehead atoms. The summed E-state index contributed by atoms with van der Waals surface area (Å²) in [5, 5.41) is 26.4. The number of thiophene rings is 1. The molecular weight excluding hydrogens is 286 g/mol. The molecule has 1 aromatic carbocycles. The molecule has 0 aliphatic heterocycles. The highest BCUT2D eigenvalue weighted by atomic mass is 32.1. The van der Waals surface area contributed by atoms with Crippen LogP contribution in [-0.2, 0) is 16.8 Å². The fourth-order valence-electron chi connectivity index (χ4n) is 1.96. The van der Waals surface area contributed by atoms with Gasteiger partial charge in [0.1, 0.15) is 11.4 Å². The number of aliphatic hydroxyl groups is 1. The quantitative estimate of drug-likeness (QED) is 0.794. The molecular formula is C16H19NO3S. The van der Waals surface area contributed by atoms with E-state index in [1.807, 2.05) is 22.9 Å². The minimum atomic E-state index is -1.08. The molecule has 1 heterocycles. The van der Waals surface area contributed by atoms with Crippen LogP contribution in [0.4, 0.5) is 0 Å². The summed E-state index contributed by atoms with van der Waals surface area (Å²) in [7, 11) is 0. The van der Waals surface area contributed by atoms with E-state index in [1.54, 1.807) is 26.0 Å². The normalized spacial score (nSPS) is 13.7. The molecule has 0 saturated carbocycles. The van der Waals surface area contributed by atoms with Gasteiger partial charge in [0.15, 0.2) is 0 Å². The monoisotopic (exact) mass is 305 g/mol. The Morgan fingerprint density at radius 3 is 2.76 bits per heavy atom. The lowest BCUT2D eigenvalue weighted by Crippen LogP contribution is -2.39. The second kappa shape index (κ2) is 6.28. The number of benzene rings is 1. The van der Waals surface area contributed by atoms with Crippen molar-refractivity contribution in [3.63, 3.8) is 0 Å². The lowest BCUT2D eigenvalue weighted by molar-refractivity contribution is -0.121. The van der Waals surface area contributed by atoms with Crippen molar-refractivity contribution in [2.24, 2.45) is 0 Å². The van der Waals surface area contributed by atoms with E-state index in [2.05, 4.69) is 5.32 Å². The molecule has 0 spiro atoms. The van der Waals surface area contributed by atoms with Gasteiger partial charge in [0, 0.05) is 0 Å². The fraction of sp³-hybridized carbons (Fsp3) is 0.312. The van der Waals surface area contributed by atoms with Crippen molar-refractivity contribution in [3.05, 3.63) is 51.7 Å². The summed E-state index contributed by atoms with van der Waals surface area (Å²) in [6.07, 6.45) is 0.174. The number of hydrogen-bond acceptors (Lipinski definition) is 4. The van der Waals surface area contributed by atoms with Gasteiger partial charge in [-0.25, -0.2) is 0 Å². The topological polar surface area (TPSA) is 69.6 Å². The number of nitrogens with one attached hydrogen (secondary N) is 1. The molecule has 0 saturated heterocycles. The Morgan fingerprint density at radius 2 is 2.14 bits per heavy atom. The molecule has 0 radical (unpaired) electrons. The summed E-state index contributed by atoms with van der Waals surface area (Å²) in [5.74, 6) is -0.000623. The van der Waals surface area contributed by atoms with Gasteiger partial charge in [-0.05, 0) is 53.4 Å². The first-order valence-corrected chi connectivity index (χ1v) is 7.63. The molecule has 0 fully saturated rings. The zero-order chi connectivity index (χ0) is 15.5. The van der Waals surface area contributed by atoms with Gasteiger partial charge < -0.3 is 15.5 Å². The molecule has 3 N–H and O–H groups in total. The first-order chi connectivity index (χ1) is 9.88. The molecule has 0 aliphatic carbocycles. The van der Waals surface area contributed by atoms with E-state index >= 15 is 0 Å². The number of carbonyl (C=O) groups excluding carboxylic acids is 1. The second-order valence-corrected chi connectivity index (χ2v) is 6.14. The number of carbonyl (C=O) groups is 1. The highest BCUT2D eigenvalue weighted by molar-refractivity contribution is 7.08. The van der Waals surface area contributed by atoms with Crippen LogP contribution in [0, 0.1) is 6.92 Å². The highest BCUT2D eigenvalue weighted by Gasteiger charge is 2.24. The summed E-state index contributed by atoms with van der Waals surface area (Å²) >= 11 is 1.51. The third-order valence-electron chi connectivity index (χ3n) is 3.41. The third kappa shape index (κ3) is 4.06. The summed E-state index contributed by atoms with van der Waals surface area (Å²) in [6.45, 7) is 3.63. The minimum absolute atomic E-state index is 0.153. The summed E-state index contributed by atoms with van der Waals surface area (Å²) in [4.78, 5) is 11.9. The van der Waals surface area contributed by atoms with E-state index in [0.717, 1.165) is 16.7 Å². The van der Waals surface area contributed by atoms with Crippen LogP contribution in [0.25, 0.3) is 0 Å². The van der Waals surface area contributed by atoms with Gasteiger partial charge in [0.2, 0.25) is 5.91 Å². The molecule has 5 heteroatoms. The molecule has 1 amide bonds. The molecule has 1 unspecified atom stereocenters. The standard InChI is InChI=1S/C16H19NO3S/c1-11-3-4-12(7-14(11)18)8-15(19)17-10-16(2,20)13-5-6-21-9-13/h3-7,9,18,20H,8,10H2,1-2H3,(H,17,19). The number of phenols is 1. The molecule has 21 heavy (non-hydrogen) atoms. The van der Waals surface area contributed by atoms with Crippen molar-refractivity contribution in [1.82, 2.24) is 5.32 Å². The fourth-order valence-corrected chi connectivity index (χ4v) is 2.74. The number of hydrogen-bond donors (Lipinski definition) is 3. The van der Waals surface area contributed by atoms with E-state index in [9.17, 15) is 15.0 Å². The van der Waals surface area contributed by atoms with E-state index in [-0.39, 0.29) is 24.6 Å². The Bertz CT molecular complexity index is 620. The molecule has 1 atom stereocenters. The number of phenolic OH excluding ortho intramolecular Hbond substituents is 1. The maximum absolute atomic E-state index is 11.9. The van der Waals surface area contributed by atoms with Gasteiger partial charge in [0.25, 0.3) is 0 Å². The van der Waals surface area contributed by atoms with E-state index < -0.39 is 5.60 Å². The Morgan fingerprint density at radius 1 is 1.38 bits per heavy atom. The lowest BCUT2D eigenvalue weighted by Gasteiger charge is -2.22. The van der Waals surface area contributed by atoms with Crippen molar-refractivity contribution in [2.45, 2.75) is 25.9 Å². The van der Waals surface area contributed by atoms with Crippen LogP contribution in [0.1, 0.15) is 23.6 Å². The number of amides is 1. The van der Waals surface area contributed by atoms with Crippen LogP contribution in [0.2, 0.25) is 0 Å². The SMILES string of the molecule is Cc1ccc(CC(=O)NCC(C)(O)c2ccsc2)cc1O. The Kier molecular flexibility index (Phi) is 4.65. The molecule has 2 rings (SSSR count). The van der Waals surface area contributed by atoms with Gasteiger partial charge >= 0.3 is 0 Å². The second-order valence-electron chi connectivity index (χ2n) is 5.36. The largest absolute Gasteiger partial charge is 0.508 e. The summed E-state index contributed by atoms with van der Waals surface area (Å²) in [6, 6.07) is 7.02. The Labute approximate surface area is 128 Å². The van der Waals surface area contributed by atoms with Crippen molar-refractivity contribution in [2.75, 3.05) is 6.54 Å². The minimum Gasteiger partial charge on any atom is -0.508 e. The summed E-state index contributed by atoms with van der Waals surface area (Å²) in [5.41, 5.74) is 1.23. The van der Waals surface area contributed by atoms with Gasteiger partial charge in [-0.1, -0.05) is 12.1 Å². The molecule has 112 valence electrons. The van der Waals surface area contributed by atoms with Crippen molar-refractivity contribution < 1.29 is 15.0 Å². The molecule has 0 aliphatic rings. The maximum Gasteiger partial charge on any atom is 0.224 e. The maximum atomic E-state index is 11.9. The van der Waals surface area contributed by atoms with Crippen LogP contribution in [0.5, 0.6) is 5.75 Å². The van der Waals surface area contributed by atoms with E-state index in [1.165, 1.54) is 11.3 Å². The number of rotatable bonds is 5. The average Bonchev–Trinajstić information content (AvgIpc) is 2.96. The smallest absolute Gasteiger partial charge is 0.224 e. The average molecular weight is 305 g/mol. The Balaban J connectivity index is 1.91.